The molecule has 0 atom stereocenters. The van der Waals surface area contributed by atoms with Crippen LogP contribution in [0.2, 0.25) is 0 Å². The summed E-state index contributed by atoms with van der Waals surface area (Å²) < 4.78 is 31.2. The number of nitrogens with zero attached hydrogens (tertiary/aromatic N) is 6. The van der Waals surface area contributed by atoms with Crippen molar-refractivity contribution in [3.63, 3.8) is 0 Å². The zero-order valence-corrected chi connectivity index (χ0v) is 20.1. The highest BCUT2D eigenvalue weighted by Crippen LogP contribution is 2.17. The van der Waals surface area contributed by atoms with E-state index in [4.69, 9.17) is 0 Å². The van der Waals surface area contributed by atoms with Crippen LogP contribution in [-0.2, 0) is 35.5 Å². The molecule has 0 saturated heterocycles. The summed E-state index contributed by atoms with van der Waals surface area (Å²) >= 11 is 0. The lowest BCUT2D eigenvalue weighted by molar-refractivity contribution is -0.116. The normalized spacial score (nSPS) is 11.5. The smallest absolute Gasteiger partial charge is 0.325 e. The highest BCUT2D eigenvalue weighted by atomic mass is 32.2. The van der Waals surface area contributed by atoms with E-state index in [-0.39, 0.29) is 28.6 Å². The first-order chi connectivity index (χ1) is 16.5. The number of nitrogens with one attached hydrogen (secondary N) is 2. The van der Waals surface area contributed by atoms with E-state index in [0.29, 0.717) is 17.1 Å². The molecule has 0 aliphatic rings. The fourth-order valence-electron chi connectivity index (χ4n) is 3.54. The molecular weight excluding hydrogens is 476 g/mol. The molecule has 13 nitrogen and oxygen atoms in total. The minimum Gasteiger partial charge on any atom is -0.325 e. The van der Waals surface area contributed by atoms with E-state index in [1.54, 1.807) is 19.9 Å². The van der Waals surface area contributed by atoms with Crippen LogP contribution in [0.5, 0.6) is 0 Å². The van der Waals surface area contributed by atoms with Gasteiger partial charge in [-0.1, -0.05) is 0 Å². The van der Waals surface area contributed by atoms with Crippen molar-refractivity contribution in [1.82, 2.24) is 28.7 Å². The van der Waals surface area contributed by atoms with Crippen LogP contribution in [0.25, 0.3) is 11.2 Å². The number of sulfonamides is 1. The fourth-order valence-corrected chi connectivity index (χ4v) is 4.48. The number of amides is 1. The van der Waals surface area contributed by atoms with Gasteiger partial charge in [0.1, 0.15) is 6.54 Å². The van der Waals surface area contributed by atoms with Crippen LogP contribution in [0.15, 0.2) is 51.1 Å². The third kappa shape index (κ3) is 4.68. The molecule has 0 fully saturated rings. The molecule has 3 heterocycles. The van der Waals surface area contributed by atoms with Crippen molar-refractivity contribution in [2.24, 2.45) is 14.1 Å². The summed E-state index contributed by atoms with van der Waals surface area (Å²) in [5.41, 5.74) is 0.792. The molecule has 0 bridgehead atoms. The molecule has 2 N–H and O–H groups in total. The quantitative estimate of drug-likeness (QED) is 0.383. The highest BCUT2D eigenvalue weighted by Gasteiger charge is 2.18. The number of anilines is 2. The lowest BCUT2D eigenvalue weighted by Crippen LogP contribution is -2.37. The molecule has 0 aliphatic carbocycles. The number of aromatic nitrogens is 6. The van der Waals surface area contributed by atoms with E-state index >= 15 is 0 Å². The first kappa shape index (κ1) is 23.8. The van der Waals surface area contributed by atoms with Gasteiger partial charge < -0.3 is 9.88 Å². The van der Waals surface area contributed by atoms with Crippen molar-refractivity contribution in [2.45, 2.75) is 25.3 Å². The average molecular weight is 499 g/mol. The first-order valence-corrected chi connectivity index (χ1v) is 11.8. The van der Waals surface area contributed by atoms with Gasteiger partial charge in [-0.05, 0) is 44.2 Å². The van der Waals surface area contributed by atoms with Crippen molar-refractivity contribution in [3.05, 3.63) is 68.9 Å². The Bertz CT molecular complexity index is 1660. The van der Waals surface area contributed by atoms with Crippen LogP contribution in [0.4, 0.5) is 11.6 Å². The van der Waals surface area contributed by atoms with Crippen molar-refractivity contribution in [2.75, 3.05) is 10.0 Å². The number of fused-ring (bicyclic) bond motifs is 1. The summed E-state index contributed by atoms with van der Waals surface area (Å²) in [6, 6.07) is 7.26. The summed E-state index contributed by atoms with van der Waals surface area (Å²) in [6.07, 6.45) is 1.31. The lowest BCUT2D eigenvalue weighted by atomic mass is 10.3. The Morgan fingerprint density at radius 1 is 1.00 bits per heavy atom. The van der Waals surface area contributed by atoms with Crippen LogP contribution in [0.1, 0.15) is 11.4 Å². The van der Waals surface area contributed by atoms with E-state index in [1.807, 2.05) is 0 Å². The predicted octanol–water partition coefficient (Wildman–Crippen LogP) is 0.280. The zero-order chi connectivity index (χ0) is 25.5. The molecule has 4 rings (SSSR count). The number of carbonyl (C=O) groups excluding carboxylic acids is 1. The third-order valence-corrected chi connectivity index (χ3v) is 6.53. The highest BCUT2D eigenvalue weighted by molar-refractivity contribution is 7.92. The van der Waals surface area contributed by atoms with E-state index < -0.39 is 27.2 Å². The Kier molecular flexibility index (Phi) is 5.98. The Morgan fingerprint density at radius 2 is 1.63 bits per heavy atom. The molecule has 4 aromatic rings. The summed E-state index contributed by atoms with van der Waals surface area (Å²) in [5, 5.41) is 2.64. The molecule has 0 radical (unpaired) electrons. The third-order valence-electron chi connectivity index (χ3n) is 5.19. The van der Waals surface area contributed by atoms with Crippen molar-refractivity contribution >= 4 is 38.7 Å². The summed E-state index contributed by atoms with van der Waals surface area (Å²) in [4.78, 5) is 49.3. The Labute approximate surface area is 199 Å². The molecule has 1 aromatic carbocycles. The monoisotopic (exact) mass is 498 g/mol. The predicted molar refractivity (Wildman–Crippen MR) is 128 cm³/mol. The Balaban J connectivity index is 1.50. The van der Waals surface area contributed by atoms with Gasteiger partial charge in [0.25, 0.3) is 15.6 Å². The Hall–Kier alpha value is -4.33. The van der Waals surface area contributed by atoms with Crippen LogP contribution >= 0.6 is 0 Å². The fraction of sp³-hybridized carbons (Fsp3) is 0.238. The second kappa shape index (κ2) is 8.79. The molecule has 3 aromatic heterocycles. The molecule has 0 saturated carbocycles. The summed E-state index contributed by atoms with van der Waals surface area (Å²) in [5.74, 6) is -0.506. The molecule has 35 heavy (non-hydrogen) atoms. The molecule has 0 unspecified atom stereocenters. The van der Waals surface area contributed by atoms with Crippen molar-refractivity contribution < 1.29 is 13.2 Å². The van der Waals surface area contributed by atoms with Gasteiger partial charge >= 0.3 is 5.69 Å². The number of hydrogen-bond acceptors (Lipinski definition) is 8. The van der Waals surface area contributed by atoms with Crippen LogP contribution in [0, 0.1) is 13.8 Å². The van der Waals surface area contributed by atoms with Gasteiger partial charge in [-0.3, -0.25) is 18.7 Å². The maximum Gasteiger partial charge on any atom is 0.332 e. The Morgan fingerprint density at radius 3 is 2.26 bits per heavy atom. The molecule has 0 spiro atoms. The van der Waals surface area contributed by atoms with Gasteiger partial charge in [0.05, 0.1) is 11.2 Å². The van der Waals surface area contributed by atoms with Gasteiger partial charge in [-0.15, -0.1) is 0 Å². The van der Waals surface area contributed by atoms with Gasteiger partial charge in [0.2, 0.25) is 11.9 Å². The molecule has 14 heteroatoms. The minimum absolute atomic E-state index is 0.0314. The molecular formula is C21H22N8O5S. The van der Waals surface area contributed by atoms with Gasteiger partial charge in [0.15, 0.2) is 11.2 Å². The largest absolute Gasteiger partial charge is 0.332 e. The van der Waals surface area contributed by atoms with Crippen LogP contribution in [0.3, 0.4) is 0 Å². The molecule has 0 aliphatic heterocycles. The number of rotatable bonds is 6. The summed E-state index contributed by atoms with van der Waals surface area (Å²) in [6.45, 7) is 3.22. The second-order valence-corrected chi connectivity index (χ2v) is 9.59. The zero-order valence-electron chi connectivity index (χ0n) is 19.3. The average Bonchev–Trinajstić information content (AvgIpc) is 3.19. The number of hydrogen-bond donors (Lipinski definition) is 2. The number of carbonyl (C=O) groups is 1. The first-order valence-electron chi connectivity index (χ1n) is 10.3. The van der Waals surface area contributed by atoms with E-state index in [9.17, 15) is 22.8 Å². The topological polar surface area (TPSA) is 163 Å². The minimum atomic E-state index is -3.94. The lowest BCUT2D eigenvalue weighted by Gasteiger charge is -2.10. The number of aryl methyl sites for hydroxylation is 3. The van der Waals surface area contributed by atoms with E-state index in [1.165, 1.54) is 53.8 Å². The standard InChI is InChI=1S/C21H22N8O5S/c1-12-9-13(2)24-20(23-12)26-35(33,34)15-7-5-14(6-8-15)25-16(30)10-29-11-22-18-17(29)19(31)28(4)21(32)27(18)3/h5-9,11H,10H2,1-4H3,(H,25,30)(H,23,24,26). The molecule has 182 valence electrons. The molecule has 1 amide bonds. The van der Waals surface area contributed by atoms with E-state index in [0.717, 1.165) is 4.57 Å². The van der Waals surface area contributed by atoms with Crippen LogP contribution < -0.4 is 21.3 Å². The van der Waals surface area contributed by atoms with Crippen molar-refractivity contribution in [1.29, 1.82) is 0 Å². The summed E-state index contributed by atoms with van der Waals surface area (Å²) in [7, 11) is -1.11. The number of benzene rings is 1. The van der Waals surface area contributed by atoms with Gasteiger partial charge in [0, 0.05) is 31.2 Å². The number of imidazole rings is 1. The van der Waals surface area contributed by atoms with Crippen LogP contribution in [-0.4, -0.2) is 43.0 Å². The maximum atomic E-state index is 12.7. The van der Waals surface area contributed by atoms with Gasteiger partial charge in [-0.25, -0.2) is 32.9 Å². The van der Waals surface area contributed by atoms with Gasteiger partial charge in [-0.2, -0.15) is 0 Å². The van der Waals surface area contributed by atoms with E-state index in [2.05, 4.69) is 25.0 Å². The second-order valence-electron chi connectivity index (χ2n) is 7.90. The van der Waals surface area contributed by atoms with Crippen molar-refractivity contribution in [3.8, 4) is 0 Å². The SMILES string of the molecule is Cc1cc(C)nc(NS(=O)(=O)c2ccc(NC(=O)Cn3cnc4c3c(=O)n(C)c(=O)n4C)cc2)n1. The maximum absolute atomic E-state index is 12.7.